The van der Waals surface area contributed by atoms with Gasteiger partial charge >= 0.3 is 100.0 Å². The average Bonchev–Trinajstić information content (AvgIpc) is 2.42. The van der Waals surface area contributed by atoms with E-state index in [4.69, 9.17) is 5.11 Å². The van der Waals surface area contributed by atoms with Crippen LogP contribution in [0.3, 0.4) is 0 Å². The van der Waals surface area contributed by atoms with Crippen molar-refractivity contribution in [2.24, 2.45) is 0 Å². The fourth-order valence-corrected chi connectivity index (χ4v) is 3.99. The summed E-state index contributed by atoms with van der Waals surface area (Å²) >= 11 is 0.258. The molecule has 0 fully saturated rings. The Hall–Kier alpha value is -0.912. The van der Waals surface area contributed by atoms with E-state index >= 15 is 0 Å². The second kappa shape index (κ2) is 10.1. The van der Waals surface area contributed by atoms with Gasteiger partial charge in [-0.25, -0.2) is 0 Å². The first-order valence-corrected chi connectivity index (χ1v) is 9.21. The van der Waals surface area contributed by atoms with Crippen molar-refractivity contribution in [3.63, 3.8) is 0 Å². The zero-order valence-electron chi connectivity index (χ0n) is 10.7. The van der Waals surface area contributed by atoms with Crippen molar-refractivity contribution >= 4 is 0 Å². The van der Waals surface area contributed by atoms with Gasteiger partial charge in [0.15, 0.2) is 0 Å². The van der Waals surface area contributed by atoms with Crippen LogP contribution in [0.5, 0.6) is 0 Å². The van der Waals surface area contributed by atoms with E-state index in [1.54, 1.807) is 6.92 Å². The molecule has 0 amide bonds. The summed E-state index contributed by atoms with van der Waals surface area (Å²) in [4.78, 5) is 2.57. The molecule has 0 saturated carbocycles. The molecular weight excluding hydrogens is 403 g/mol. The van der Waals surface area contributed by atoms with Crippen LogP contribution in [0.4, 0.5) is 0 Å². The van der Waals surface area contributed by atoms with Crippen molar-refractivity contribution in [2.75, 3.05) is 6.61 Å². The van der Waals surface area contributed by atoms with E-state index in [1.807, 2.05) is 0 Å². The zero-order valence-corrected chi connectivity index (χ0v) is 12.9. The molecule has 0 aliphatic rings. The Morgan fingerprint density at radius 3 is 1.44 bits per heavy atom. The van der Waals surface area contributed by atoms with Gasteiger partial charge in [-0.1, -0.05) is 0 Å². The van der Waals surface area contributed by atoms with Gasteiger partial charge in [0.25, 0.3) is 0 Å². The summed E-state index contributed by atoms with van der Waals surface area (Å²) in [6.45, 7) is 1.93. The molecule has 1 N–H and O–H groups in total. The van der Waals surface area contributed by atoms with Crippen LogP contribution in [0.25, 0.3) is 0 Å². The molecule has 0 bridgehead atoms. The van der Waals surface area contributed by atoms with Crippen LogP contribution in [0, 0.1) is 0 Å². The zero-order chi connectivity index (χ0) is 13.1. The van der Waals surface area contributed by atoms with Crippen molar-refractivity contribution < 1.29 is 23.7 Å². The van der Waals surface area contributed by atoms with Crippen molar-refractivity contribution in [1.82, 2.24) is 0 Å². The summed E-state index contributed by atoms with van der Waals surface area (Å²) in [5.74, 6) is 0. The fraction of sp³-hybridized carbons (Fsp3) is 0.250. The number of rotatable bonds is 4. The molecule has 100 valence electrons. The summed E-state index contributed by atoms with van der Waals surface area (Å²) in [5.41, 5.74) is 2.98. The SMILES string of the molecule is CCO.c1ccc([CH2][Pt][CH2]c2ccccc2)cc1. The summed E-state index contributed by atoms with van der Waals surface area (Å²) in [7, 11) is 0. The van der Waals surface area contributed by atoms with E-state index in [2.05, 4.69) is 60.7 Å². The second-order valence-electron chi connectivity index (χ2n) is 3.67. The topological polar surface area (TPSA) is 20.2 Å². The molecule has 18 heavy (non-hydrogen) atoms. The van der Waals surface area contributed by atoms with E-state index < -0.39 is 0 Å². The Morgan fingerprint density at radius 2 is 1.11 bits per heavy atom. The summed E-state index contributed by atoms with van der Waals surface area (Å²) < 4.78 is 0. The normalized spacial score (nSPS) is 9.67. The molecular formula is C16H20OPt. The Balaban J connectivity index is 0.000000492. The monoisotopic (exact) mass is 423 g/mol. The fourth-order valence-electron chi connectivity index (χ4n) is 1.33. The molecule has 0 aliphatic heterocycles. The van der Waals surface area contributed by atoms with Crippen molar-refractivity contribution in [2.45, 2.75) is 16.5 Å². The molecule has 0 radical (unpaired) electrons. The van der Waals surface area contributed by atoms with Gasteiger partial charge in [0.2, 0.25) is 0 Å². The Kier molecular flexibility index (Phi) is 8.46. The standard InChI is InChI=1S/2C7H7.C2H6O.Pt/c2*1-7-5-3-2-4-6-7;1-2-3;/h2*2-6H,1H2;3H,2H2,1H3;. The molecule has 2 rings (SSSR count). The van der Waals surface area contributed by atoms with E-state index in [0.717, 1.165) is 0 Å². The van der Waals surface area contributed by atoms with Crippen LogP contribution < -0.4 is 0 Å². The Labute approximate surface area is 118 Å². The number of benzene rings is 2. The van der Waals surface area contributed by atoms with Gasteiger partial charge in [0.1, 0.15) is 0 Å². The van der Waals surface area contributed by atoms with Crippen LogP contribution in [0.15, 0.2) is 60.7 Å². The van der Waals surface area contributed by atoms with Gasteiger partial charge in [-0.15, -0.1) is 0 Å². The number of aliphatic hydroxyl groups is 1. The van der Waals surface area contributed by atoms with Gasteiger partial charge in [-0.3, -0.25) is 0 Å². The van der Waals surface area contributed by atoms with Crippen molar-refractivity contribution in [1.29, 1.82) is 0 Å². The molecule has 2 heteroatoms. The Bertz CT molecular complexity index is 360. The molecule has 2 aromatic carbocycles. The first-order valence-electron chi connectivity index (χ1n) is 6.00. The summed E-state index contributed by atoms with van der Waals surface area (Å²) in [6, 6.07) is 21.6. The first-order chi connectivity index (χ1) is 8.86. The van der Waals surface area contributed by atoms with E-state index in [1.165, 1.54) is 20.7 Å². The predicted octanol–water partition coefficient (Wildman–Crippen LogP) is 3.47. The third-order valence-corrected chi connectivity index (χ3v) is 5.09. The Morgan fingerprint density at radius 1 is 0.778 bits per heavy atom. The van der Waals surface area contributed by atoms with Crippen LogP contribution in [-0.2, 0) is 28.2 Å². The van der Waals surface area contributed by atoms with E-state index in [0.29, 0.717) is 0 Å². The third kappa shape index (κ3) is 6.73. The van der Waals surface area contributed by atoms with Crippen molar-refractivity contribution in [3.05, 3.63) is 71.8 Å². The minimum atomic E-state index is 0.250. The van der Waals surface area contributed by atoms with Gasteiger partial charge in [0.05, 0.1) is 0 Å². The number of hydrogen-bond donors (Lipinski definition) is 1. The maximum atomic E-state index is 7.57. The molecule has 0 aromatic heterocycles. The van der Waals surface area contributed by atoms with Gasteiger partial charge in [0, 0.05) is 6.61 Å². The third-order valence-electron chi connectivity index (χ3n) is 2.10. The molecule has 0 unspecified atom stereocenters. The molecule has 0 heterocycles. The molecule has 0 spiro atoms. The maximum absolute atomic E-state index is 7.57. The van der Waals surface area contributed by atoms with E-state index in [9.17, 15) is 0 Å². The molecule has 0 aliphatic carbocycles. The second-order valence-corrected chi connectivity index (χ2v) is 6.41. The van der Waals surface area contributed by atoms with Crippen molar-refractivity contribution in [3.8, 4) is 0 Å². The summed E-state index contributed by atoms with van der Waals surface area (Å²) in [5, 5.41) is 7.57. The average molecular weight is 423 g/mol. The summed E-state index contributed by atoms with van der Waals surface area (Å²) in [6.07, 6.45) is 0. The van der Waals surface area contributed by atoms with Crippen LogP contribution >= 0.6 is 0 Å². The molecule has 1 nitrogen and oxygen atoms in total. The predicted molar refractivity (Wildman–Crippen MR) is 73.1 cm³/mol. The van der Waals surface area contributed by atoms with Gasteiger partial charge in [-0.05, 0) is 6.92 Å². The molecule has 0 saturated heterocycles. The van der Waals surface area contributed by atoms with Gasteiger partial charge in [-0.2, -0.15) is 0 Å². The van der Waals surface area contributed by atoms with E-state index in [-0.39, 0.29) is 25.2 Å². The minimum absolute atomic E-state index is 0.250. The quantitative estimate of drug-likeness (QED) is 0.799. The van der Waals surface area contributed by atoms with Gasteiger partial charge < -0.3 is 5.11 Å². The molecule has 0 atom stereocenters. The van der Waals surface area contributed by atoms with Crippen LogP contribution in [0.2, 0.25) is 0 Å². The number of hydrogen-bond acceptors (Lipinski definition) is 1. The molecule has 2 aromatic rings. The van der Waals surface area contributed by atoms with Crippen LogP contribution in [-0.4, -0.2) is 11.7 Å². The number of aliphatic hydroxyl groups excluding tert-OH is 1. The first kappa shape index (κ1) is 15.1. The van der Waals surface area contributed by atoms with Crippen LogP contribution in [0.1, 0.15) is 18.1 Å².